The number of hydrogen-bond donors (Lipinski definition) is 1. The molecule has 0 amide bonds. The van der Waals surface area contributed by atoms with E-state index in [9.17, 15) is 0 Å². The largest absolute Gasteiger partial charge is 0.493 e. The molecule has 0 saturated carbocycles. The number of hydrogen-bond acceptors (Lipinski definition) is 5. The average molecular weight is 265 g/mol. The van der Waals surface area contributed by atoms with Gasteiger partial charge in [-0.25, -0.2) is 0 Å². The highest BCUT2D eigenvalue weighted by atomic mass is 16.7. The van der Waals surface area contributed by atoms with Gasteiger partial charge in [0, 0.05) is 19.7 Å². The maximum absolute atomic E-state index is 5.58. The van der Waals surface area contributed by atoms with E-state index in [1.54, 1.807) is 7.11 Å². The van der Waals surface area contributed by atoms with E-state index in [1.807, 2.05) is 12.1 Å². The molecule has 2 heterocycles. The molecule has 1 unspecified atom stereocenters. The minimum atomic E-state index is 0.262. The van der Waals surface area contributed by atoms with Crippen LogP contribution >= 0.6 is 0 Å². The summed E-state index contributed by atoms with van der Waals surface area (Å²) < 4.78 is 21.7. The Morgan fingerprint density at radius 3 is 3.11 bits per heavy atom. The van der Waals surface area contributed by atoms with Crippen molar-refractivity contribution in [2.75, 3.05) is 27.1 Å². The van der Waals surface area contributed by atoms with Gasteiger partial charge in [0.25, 0.3) is 0 Å². The van der Waals surface area contributed by atoms with Gasteiger partial charge >= 0.3 is 0 Å². The Kier molecular flexibility index (Phi) is 3.75. The molecule has 19 heavy (non-hydrogen) atoms. The lowest BCUT2D eigenvalue weighted by molar-refractivity contribution is 0.110. The maximum atomic E-state index is 5.58. The minimum absolute atomic E-state index is 0.262. The molecule has 0 aliphatic carbocycles. The van der Waals surface area contributed by atoms with Gasteiger partial charge in [0.1, 0.15) is 0 Å². The van der Waals surface area contributed by atoms with Crippen molar-refractivity contribution in [3.05, 3.63) is 17.7 Å². The van der Waals surface area contributed by atoms with Gasteiger partial charge in [-0.05, 0) is 30.5 Å². The molecule has 3 rings (SSSR count). The predicted molar refractivity (Wildman–Crippen MR) is 69.8 cm³/mol. The van der Waals surface area contributed by atoms with Crippen LogP contribution in [0.15, 0.2) is 12.1 Å². The number of ether oxygens (including phenoxy) is 4. The second-order valence-electron chi connectivity index (χ2n) is 4.80. The lowest BCUT2D eigenvalue weighted by Crippen LogP contribution is -2.25. The highest BCUT2D eigenvalue weighted by Gasteiger charge is 2.20. The topological polar surface area (TPSA) is 49.0 Å². The van der Waals surface area contributed by atoms with Crippen LogP contribution < -0.4 is 19.5 Å². The average Bonchev–Trinajstić information content (AvgIpc) is 3.08. The summed E-state index contributed by atoms with van der Waals surface area (Å²) in [6.07, 6.45) is 2.68. The first-order valence-corrected chi connectivity index (χ1v) is 6.65. The number of rotatable bonds is 5. The Bertz CT molecular complexity index is 443. The first-order valence-electron chi connectivity index (χ1n) is 6.65. The van der Waals surface area contributed by atoms with Crippen LogP contribution in [0.5, 0.6) is 17.2 Å². The molecule has 1 N–H and O–H groups in total. The van der Waals surface area contributed by atoms with Crippen molar-refractivity contribution in [2.24, 2.45) is 0 Å². The van der Waals surface area contributed by atoms with Gasteiger partial charge in [-0.15, -0.1) is 0 Å². The van der Waals surface area contributed by atoms with E-state index in [4.69, 9.17) is 18.9 Å². The van der Waals surface area contributed by atoms with E-state index in [2.05, 4.69) is 5.32 Å². The van der Waals surface area contributed by atoms with E-state index < -0.39 is 0 Å². The monoisotopic (exact) mass is 265 g/mol. The van der Waals surface area contributed by atoms with Crippen molar-refractivity contribution in [3.8, 4) is 17.2 Å². The summed E-state index contributed by atoms with van der Waals surface area (Å²) in [6, 6.07) is 3.98. The summed E-state index contributed by atoms with van der Waals surface area (Å²) in [6.45, 7) is 2.81. The summed E-state index contributed by atoms with van der Waals surface area (Å²) in [7, 11) is 1.64. The van der Waals surface area contributed by atoms with Gasteiger partial charge in [-0.1, -0.05) is 0 Å². The maximum Gasteiger partial charge on any atom is 0.231 e. The first kappa shape index (κ1) is 12.6. The van der Waals surface area contributed by atoms with Crippen LogP contribution in [-0.2, 0) is 11.3 Å². The zero-order chi connectivity index (χ0) is 13.1. The number of methoxy groups -OCH3 is 1. The summed E-state index contributed by atoms with van der Waals surface area (Å²) >= 11 is 0. The Hall–Kier alpha value is -1.46. The van der Waals surface area contributed by atoms with Gasteiger partial charge in [0.05, 0.1) is 13.2 Å². The van der Waals surface area contributed by atoms with E-state index in [0.29, 0.717) is 11.9 Å². The third kappa shape index (κ3) is 2.77. The minimum Gasteiger partial charge on any atom is -0.493 e. The molecule has 5 heteroatoms. The van der Waals surface area contributed by atoms with Gasteiger partial charge < -0.3 is 24.3 Å². The van der Waals surface area contributed by atoms with Crippen molar-refractivity contribution >= 4 is 0 Å². The molecule has 1 atom stereocenters. The molecule has 1 saturated heterocycles. The molecule has 1 fully saturated rings. The van der Waals surface area contributed by atoms with Crippen LogP contribution in [0.3, 0.4) is 0 Å². The Morgan fingerprint density at radius 2 is 2.32 bits per heavy atom. The van der Waals surface area contributed by atoms with Crippen LogP contribution in [-0.4, -0.2) is 33.2 Å². The molecule has 2 aliphatic rings. The zero-order valence-corrected chi connectivity index (χ0v) is 11.1. The molecular formula is C14H19NO4. The van der Waals surface area contributed by atoms with E-state index in [-0.39, 0.29) is 6.79 Å². The van der Waals surface area contributed by atoms with Crippen molar-refractivity contribution in [3.63, 3.8) is 0 Å². The number of benzene rings is 1. The second-order valence-corrected chi connectivity index (χ2v) is 4.80. The van der Waals surface area contributed by atoms with Gasteiger partial charge in [0.2, 0.25) is 12.5 Å². The van der Waals surface area contributed by atoms with Crippen LogP contribution in [0.25, 0.3) is 0 Å². The van der Waals surface area contributed by atoms with E-state index in [0.717, 1.165) is 43.2 Å². The van der Waals surface area contributed by atoms with Crippen molar-refractivity contribution in [1.82, 2.24) is 5.32 Å². The molecule has 104 valence electrons. The quantitative estimate of drug-likeness (QED) is 0.878. The van der Waals surface area contributed by atoms with Gasteiger partial charge in [0.15, 0.2) is 11.5 Å². The lowest BCUT2D eigenvalue weighted by atomic mass is 10.1. The van der Waals surface area contributed by atoms with Crippen LogP contribution in [0.4, 0.5) is 0 Å². The van der Waals surface area contributed by atoms with Crippen molar-refractivity contribution in [2.45, 2.75) is 25.5 Å². The lowest BCUT2D eigenvalue weighted by Gasteiger charge is -2.12. The van der Waals surface area contributed by atoms with Crippen LogP contribution in [0.1, 0.15) is 18.4 Å². The molecule has 0 radical (unpaired) electrons. The molecule has 0 bridgehead atoms. The van der Waals surface area contributed by atoms with Crippen LogP contribution in [0.2, 0.25) is 0 Å². The fourth-order valence-corrected chi connectivity index (χ4v) is 2.47. The Morgan fingerprint density at radius 1 is 1.37 bits per heavy atom. The Labute approximate surface area is 112 Å². The summed E-state index contributed by atoms with van der Waals surface area (Å²) in [5.41, 5.74) is 1.12. The molecule has 0 spiro atoms. The van der Waals surface area contributed by atoms with E-state index >= 15 is 0 Å². The fourth-order valence-electron chi connectivity index (χ4n) is 2.47. The highest BCUT2D eigenvalue weighted by Crippen LogP contribution is 2.41. The SMILES string of the molecule is COc1cc(CNCC2CCCO2)cc2c1OCO2. The molecule has 1 aromatic rings. The Balaban J connectivity index is 1.61. The second kappa shape index (κ2) is 5.67. The summed E-state index contributed by atoms with van der Waals surface area (Å²) in [4.78, 5) is 0. The highest BCUT2D eigenvalue weighted by molar-refractivity contribution is 5.55. The van der Waals surface area contributed by atoms with Crippen molar-refractivity contribution in [1.29, 1.82) is 0 Å². The normalized spacial score (nSPS) is 20.8. The summed E-state index contributed by atoms with van der Waals surface area (Å²) in [5.74, 6) is 2.18. The molecule has 5 nitrogen and oxygen atoms in total. The molecule has 1 aromatic carbocycles. The molecule has 2 aliphatic heterocycles. The number of nitrogens with one attached hydrogen (secondary N) is 1. The third-order valence-electron chi connectivity index (χ3n) is 3.44. The van der Waals surface area contributed by atoms with Gasteiger partial charge in [-0.3, -0.25) is 0 Å². The third-order valence-corrected chi connectivity index (χ3v) is 3.44. The molecular weight excluding hydrogens is 246 g/mol. The number of fused-ring (bicyclic) bond motifs is 1. The zero-order valence-electron chi connectivity index (χ0n) is 11.1. The molecule has 0 aromatic heterocycles. The fraction of sp³-hybridized carbons (Fsp3) is 0.571. The predicted octanol–water partition coefficient (Wildman–Crippen LogP) is 1.69. The van der Waals surface area contributed by atoms with Crippen molar-refractivity contribution < 1.29 is 18.9 Å². The van der Waals surface area contributed by atoms with Gasteiger partial charge in [-0.2, -0.15) is 0 Å². The summed E-state index contributed by atoms with van der Waals surface area (Å²) in [5, 5.41) is 3.41. The smallest absolute Gasteiger partial charge is 0.231 e. The first-order chi connectivity index (χ1) is 9.36. The standard InChI is InChI=1S/C14H19NO4/c1-16-12-5-10(6-13-14(12)19-9-18-13)7-15-8-11-3-2-4-17-11/h5-6,11,15H,2-4,7-9H2,1H3. The van der Waals surface area contributed by atoms with Crippen LogP contribution in [0, 0.1) is 0 Å². The van der Waals surface area contributed by atoms with E-state index in [1.165, 1.54) is 6.42 Å².